The summed E-state index contributed by atoms with van der Waals surface area (Å²) in [5.74, 6) is -0.167. The topological polar surface area (TPSA) is 43.4 Å². The van der Waals surface area contributed by atoms with Crippen molar-refractivity contribution in [2.45, 2.75) is 25.7 Å². The van der Waals surface area contributed by atoms with Crippen molar-refractivity contribution in [3.8, 4) is 0 Å². The first kappa shape index (κ1) is 21.9. The molecule has 3 nitrogen and oxygen atoms in total. The van der Waals surface area contributed by atoms with E-state index in [0.717, 1.165) is 26.5 Å². The number of halogens is 3. The van der Waals surface area contributed by atoms with Crippen molar-refractivity contribution in [2.24, 2.45) is 0 Å². The van der Waals surface area contributed by atoms with E-state index in [9.17, 15) is 9.59 Å². The molecule has 2 aromatic rings. The van der Waals surface area contributed by atoms with Gasteiger partial charge in [-0.15, -0.1) is 0 Å². The lowest BCUT2D eigenvalue weighted by molar-refractivity contribution is -0.140. The largest absolute Gasteiger partial charge is 0.469 e. The summed E-state index contributed by atoms with van der Waals surface area (Å²) >= 11 is 11.9. The van der Waals surface area contributed by atoms with Gasteiger partial charge in [0, 0.05) is 21.8 Å². The second kappa shape index (κ2) is 12.2. The second-order valence-corrected chi connectivity index (χ2v) is 7.44. The molecule has 0 bridgehead atoms. The van der Waals surface area contributed by atoms with Crippen LogP contribution in [0.5, 0.6) is 0 Å². The van der Waals surface area contributed by atoms with Crippen molar-refractivity contribution in [1.29, 1.82) is 0 Å². The maximum Gasteiger partial charge on any atom is 0.305 e. The van der Waals surface area contributed by atoms with Crippen LogP contribution >= 0.6 is 43.5 Å². The van der Waals surface area contributed by atoms with Crippen molar-refractivity contribution in [2.75, 3.05) is 7.11 Å². The minimum absolute atomic E-state index is 0.167. The molecule has 0 heterocycles. The Morgan fingerprint density at radius 2 is 1.40 bits per heavy atom. The number of hydrogen-bond donors (Lipinski definition) is 0. The molecular formula is C19H19Br2ClO3. The molecule has 0 aliphatic heterocycles. The zero-order valence-corrected chi connectivity index (χ0v) is 17.7. The van der Waals surface area contributed by atoms with Crippen molar-refractivity contribution in [1.82, 2.24) is 0 Å². The van der Waals surface area contributed by atoms with Gasteiger partial charge in [-0.2, -0.15) is 0 Å². The van der Waals surface area contributed by atoms with Crippen LogP contribution in [-0.4, -0.2) is 18.3 Å². The molecule has 0 amide bonds. The highest BCUT2D eigenvalue weighted by atomic mass is 79.9. The fourth-order valence-corrected chi connectivity index (χ4v) is 2.96. The highest BCUT2D eigenvalue weighted by Gasteiger charge is 2.01. The molecule has 0 fully saturated rings. The lowest BCUT2D eigenvalue weighted by Crippen LogP contribution is -2.01. The van der Waals surface area contributed by atoms with Crippen molar-refractivity contribution in [3.63, 3.8) is 0 Å². The van der Waals surface area contributed by atoms with Gasteiger partial charge in [0.05, 0.1) is 7.11 Å². The van der Waals surface area contributed by atoms with Crippen LogP contribution in [0.4, 0.5) is 0 Å². The lowest BCUT2D eigenvalue weighted by Gasteiger charge is -2.00. The molecule has 0 N–H and O–H groups in total. The Kier molecular flexibility index (Phi) is 10.7. The minimum Gasteiger partial charge on any atom is -0.469 e. The Morgan fingerprint density at radius 1 is 0.920 bits per heavy atom. The number of ether oxygens (including phenoxy) is 1. The lowest BCUT2D eigenvalue weighted by atomic mass is 10.1. The molecule has 0 atom stereocenters. The number of hydrogen-bond acceptors (Lipinski definition) is 3. The van der Waals surface area contributed by atoms with Crippen LogP contribution in [0.25, 0.3) is 0 Å². The van der Waals surface area contributed by atoms with E-state index in [0.29, 0.717) is 19.3 Å². The monoisotopic (exact) mass is 488 g/mol. The van der Waals surface area contributed by atoms with Gasteiger partial charge in [-0.3, -0.25) is 9.59 Å². The average Bonchev–Trinajstić information content (AvgIpc) is 2.58. The number of rotatable bonds is 6. The Labute approximate surface area is 170 Å². The van der Waals surface area contributed by atoms with Gasteiger partial charge in [0.2, 0.25) is 5.24 Å². The average molecular weight is 491 g/mol. The SMILES string of the molecule is COC(=O)CCc1cccc(Br)c1.O=C(Cl)CCc1cccc(Br)c1. The maximum atomic E-state index is 10.8. The summed E-state index contributed by atoms with van der Waals surface area (Å²) in [4.78, 5) is 21.3. The highest BCUT2D eigenvalue weighted by molar-refractivity contribution is 9.10. The Balaban J connectivity index is 0.000000251. The molecule has 0 aromatic heterocycles. The predicted molar refractivity (Wildman–Crippen MR) is 108 cm³/mol. The van der Waals surface area contributed by atoms with Gasteiger partial charge in [0.25, 0.3) is 0 Å². The number of benzene rings is 2. The molecule has 0 saturated heterocycles. The van der Waals surface area contributed by atoms with Crippen molar-refractivity contribution in [3.05, 3.63) is 68.6 Å². The second-order valence-electron chi connectivity index (χ2n) is 5.19. The fraction of sp³-hybridized carbons (Fsp3) is 0.263. The molecule has 0 saturated carbocycles. The molecule has 0 aliphatic carbocycles. The normalized spacial score (nSPS) is 9.76. The summed E-state index contributed by atoms with van der Waals surface area (Å²) in [5, 5.41) is -0.282. The zero-order valence-electron chi connectivity index (χ0n) is 13.8. The summed E-state index contributed by atoms with van der Waals surface area (Å²) in [6.07, 6.45) is 2.28. The van der Waals surface area contributed by atoms with Gasteiger partial charge in [0.15, 0.2) is 0 Å². The van der Waals surface area contributed by atoms with Gasteiger partial charge in [-0.25, -0.2) is 0 Å². The van der Waals surface area contributed by atoms with Crippen LogP contribution in [-0.2, 0) is 27.2 Å². The van der Waals surface area contributed by atoms with Crippen LogP contribution in [0.1, 0.15) is 24.0 Å². The van der Waals surface area contributed by atoms with Gasteiger partial charge < -0.3 is 4.74 Å². The number of carbonyl (C=O) groups is 2. The molecule has 2 rings (SSSR count). The number of carbonyl (C=O) groups excluding carboxylic acids is 2. The van der Waals surface area contributed by atoms with Crippen LogP contribution in [0.15, 0.2) is 57.5 Å². The van der Waals surface area contributed by atoms with Crippen LogP contribution in [0.3, 0.4) is 0 Å². The molecule has 2 aromatic carbocycles. The van der Waals surface area contributed by atoms with E-state index in [4.69, 9.17) is 11.6 Å². The van der Waals surface area contributed by atoms with Crippen LogP contribution < -0.4 is 0 Å². The molecule has 0 aliphatic rings. The van der Waals surface area contributed by atoms with E-state index in [1.165, 1.54) is 7.11 Å². The van der Waals surface area contributed by atoms with E-state index >= 15 is 0 Å². The third-order valence-corrected chi connectivity index (χ3v) is 4.41. The third kappa shape index (κ3) is 10.4. The van der Waals surface area contributed by atoms with E-state index in [2.05, 4.69) is 36.6 Å². The fourth-order valence-electron chi connectivity index (χ4n) is 1.98. The Hall–Kier alpha value is -1.17. The molecule has 6 heteroatoms. The first-order valence-corrected chi connectivity index (χ1v) is 9.61. The Morgan fingerprint density at radius 3 is 1.80 bits per heavy atom. The maximum absolute atomic E-state index is 10.8. The molecule has 0 spiro atoms. The molecule has 0 radical (unpaired) electrons. The smallest absolute Gasteiger partial charge is 0.305 e. The van der Waals surface area contributed by atoms with E-state index in [1.54, 1.807) is 0 Å². The quantitative estimate of drug-likeness (QED) is 0.385. The van der Waals surface area contributed by atoms with E-state index < -0.39 is 0 Å². The van der Waals surface area contributed by atoms with Gasteiger partial charge >= 0.3 is 5.97 Å². The Bertz CT molecular complexity index is 705. The van der Waals surface area contributed by atoms with Crippen molar-refractivity contribution < 1.29 is 14.3 Å². The van der Waals surface area contributed by atoms with Crippen molar-refractivity contribution >= 4 is 54.7 Å². The van der Waals surface area contributed by atoms with Crippen LogP contribution in [0.2, 0.25) is 0 Å². The van der Waals surface area contributed by atoms with Crippen LogP contribution in [0, 0.1) is 0 Å². The molecular weight excluding hydrogens is 471 g/mol. The molecule has 25 heavy (non-hydrogen) atoms. The summed E-state index contributed by atoms with van der Waals surface area (Å²) in [6, 6.07) is 15.8. The third-order valence-electron chi connectivity index (χ3n) is 3.23. The van der Waals surface area contributed by atoms with Gasteiger partial charge in [-0.1, -0.05) is 56.1 Å². The summed E-state index contributed by atoms with van der Waals surface area (Å²) in [5.41, 5.74) is 2.26. The first-order valence-electron chi connectivity index (χ1n) is 7.64. The summed E-state index contributed by atoms with van der Waals surface area (Å²) < 4.78 is 6.62. The van der Waals surface area contributed by atoms with Gasteiger partial charge in [0.1, 0.15) is 0 Å². The first-order chi connectivity index (χ1) is 11.9. The summed E-state index contributed by atoms with van der Waals surface area (Å²) in [7, 11) is 1.41. The number of aryl methyl sites for hydroxylation is 2. The standard InChI is InChI=1S/C10H11BrO2.C9H8BrClO/c1-13-10(12)6-5-8-3-2-4-9(11)7-8;10-8-3-1-2-7(6-8)4-5-9(11)12/h2-4,7H,5-6H2,1H3;1-3,6H,4-5H2. The molecule has 134 valence electrons. The number of esters is 1. The van der Waals surface area contributed by atoms with Gasteiger partial charge in [-0.05, 0) is 59.8 Å². The minimum atomic E-state index is -0.282. The highest BCUT2D eigenvalue weighted by Crippen LogP contribution is 2.14. The molecule has 0 unspecified atom stereocenters. The van der Waals surface area contributed by atoms with E-state index in [-0.39, 0.29) is 11.2 Å². The zero-order chi connectivity index (χ0) is 18.7. The number of methoxy groups -OCH3 is 1. The summed E-state index contributed by atoms with van der Waals surface area (Å²) in [6.45, 7) is 0. The van der Waals surface area contributed by atoms with E-state index in [1.807, 2.05) is 48.5 Å². The predicted octanol–water partition coefficient (Wildman–Crippen LogP) is 5.70.